The lowest BCUT2D eigenvalue weighted by molar-refractivity contribution is 0.452. The highest BCUT2D eigenvalue weighted by atomic mass is 79.9. The number of benzene rings is 1. The van der Waals surface area contributed by atoms with Crippen LogP contribution in [-0.2, 0) is 16.6 Å². The molecule has 2 fully saturated rings. The van der Waals surface area contributed by atoms with E-state index in [1.807, 2.05) is 12.1 Å². The zero-order valence-corrected chi connectivity index (χ0v) is 14.6. The van der Waals surface area contributed by atoms with Gasteiger partial charge in [0.1, 0.15) is 0 Å². The van der Waals surface area contributed by atoms with Crippen molar-refractivity contribution in [1.29, 1.82) is 0 Å². The molecule has 6 heteroatoms. The van der Waals surface area contributed by atoms with Crippen LogP contribution in [0.25, 0.3) is 0 Å². The first-order valence-electron chi connectivity index (χ1n) is 7.45. The average molecular weight is 373 g/mol. The lowest BCUT2D eigenvalue weighted by Crippen LogP contribution is -2.29. The Morgan fingerprint density at radius 3 is 2.57 bits per heavy atom. The van der Waals surface area contributed by atoms with Crippen LogP contribution in [0.4, 0.5) is 0 Å². The van der Waals surface area contributed by atoms with E-state index < -0.39 is 10.0 Å². The fourth-order valence-corrected chi connectivity index (χ4v) is 4.67. The van der Waals surface area contributed by atoms with Crippen LogP contribution >= 0.6 is 15.9 Å². The summed E-state index contributed by atoms with van der Waals surface area (Å²) >= 11 is 3.42. The summed E-state index contributed by atoms with van der Waals surface area (Å²) in [5.41, 5.74) is 1.11. The minimum absolute atomic E-state index is 0.362. The molecular weight excluding hydrogens is 352 g/mol. The van der Waals surface area contributed by atoms with Crippen molar-refractivity contribution in [3.8, 4) is 0 Å². The number of hydrogen-bond donors (Lipinski definition) is 1. The first-order valence-corrected chi connectivity index (χ1v) is 9.68. The maximum absolute atomic E-state index is 12.6. The van der Waals surface area contributed by atoms with Crippen molar-refractivity contribution in [2.45, 2.75) is 43.2 Å². The summed E-state index contributed by atoms with van der Waals surface area (Å²) in [5, 5.41) is 3.43. The molecule has 0 aromatic heterocycles. The summed E-state index contributed by atoms with van der Waals surface area (Å²) in [7, 11) is -1.73. The van der Waals surface area contributed by atoms with Crippen LogP contribution in [0, 0.1) is 5.92 Å². The molecule has 0 amide bonds. The summed E-state index contributed by atoms with van der Waals surface area (Å²) in [4.78, 5) is 0.362. The predicted octanol–water partition coefficient (Wildman–Crippen LogP) is 2.73. The van der Waals surface area contributed by atoms with Crippen molar-refractivity contribution in [2.24, 2.45) is 5.92 Å². The van der Waals surface area contributed by atoms with Crippen molar-refractivity contribution >= 4 is 26.0 Å². The number of nitrogens with one attached hydrogen (secondary N) is 1. The molecule has 0 saturated heterocycles. The van der Waals surface area contributed by atoms with Gasteiger partial charge in [0.25, 0.3) is 0 Å². The minimum Gasteiger partial charge on any atom is -0.310 e. The first kappa shape index (κ1) is 15.5. The largest absolute Gasteiger partial charge is 0.310 e. The Morgan fingerprint density at radius 2 is 2.00 bits per heavy atom. The molecule has 116 valence electrons. The van der Waals surface area contributed by atoms with Gasteiger partial charge in [0.15, 0.2) is 0 Å². The zero-order valence-electron chi connectivity index (χ0n) is 12.2. The van der Waals surface area contributed by atoms with E-state index in [1.165, 1.54) is 17.1 Å². The summed E-state index contributed by atoms with van der Waals surface area (Å²) < 4.78 is 27.3. The molecule has 21 heavy (non-hydrogen) atoms. The normalized spacial score (nSPS) is 19.2. The van der Waals surface area contributed by atoms with Crippen LogP contribution in [0.1, 0.15) is 31.2 Å². The quantitative estimate of drug-likeness (QED) is 0.800. The van der Waals surface area contributed by atoms with Crippen LogP contribution in [0.3, 0.4) is 0 Å². The lowest BCUT2D eigenvalue weighted by Gasteiger charge is -2.18. The van der Waals surface area contributed by atoms with E-state index >= 15 is 0 Å². The van der Waals surface area contributed by atoms with E-state index in [2.05, 4.69) is 21.2 Å². The molecule has 3 rings (SSSR count). The molecule has 1 aromatic rings. The minimum atomic E-state index is -3.39. The second-order valence-electron chi connectivity index (χ2n) is 6.15. The molecule has 2 aliphatic carbocycles. The molecule has 4 nitrogen and oxygen atoms in total. The molecule has 0 heterocycles. The van der Waals surface area contributed by atoms with Crippen LogP contribution in [0.2, 0.25) is 0 Å². The van der Waals surface area contributed by atoms with Gasteiger partial charge in [-0.25, -0.2) is 12.7 Å². The number of rotatable bonds is 7. The molecule has 1 N–H and O–H groups in total. The van der Waals surface area contributed by atoms with E-state index in [1.54, 1.807) is 13.1 Å². The van der Waals surface area contributed by atoms with Gasteiger partial charge in [-0.15, -0.1) is 0 Å². The topological polar surface area (TPSA) is 49.4 Å². The molecular formula is C15H21BrN2O2S. The van der Waals surface area contributed by atoms with E-state index in [0.717, 1.165) is 24.9 Å². The standard InChI is InChI=1S/C15H21BrN2O2S/c1-18(10-11-2-3-11)21(19,20)15-7-4-12(8-14(15)16)9-17-13-5-6-13/h4,7-8,11,13,17H,2-3,5-6,9-10H2,1H3. The van der Waals surface area contributed by atoms with Gasteiger partial charge < -0.3 is 5.32 Å². The molecule has 2 saturated carbocycles. The Morgan fingerprint density at radius 1 is 1.29 bits per heavy atom. The highest BCUT2D eigenvalue weighted by Gasteiger charge is 2.30. The second-order valence-corrected chi connectivity index (χ2v) is 9.02. The SMILES string of the molecule is CN(CC1CC1)S(=O)(=O)c1ccc(CNC2CC2)cc1Br. The van der Waals surface area contributed by atoms with Crippen molar-refractivity contribution in [3.63, 3.8) is 0 Å². The molecule has 0 unspecified atom stereocenters. The predicted molar refractivity (Wildman–Crippen MR) is 86.5 cm³/mol. The lowest BCUT2D eigenvalue weighted by atomic mass is 10.2. The third-order valence-corrected chi connectivity index (χ3v) is 6.87. The van der Waals surface area contributed by atoms with E-state index in [-0.39, 0.29) is 0 Å². The number of nitrogens with zero attached hydrogens (tertiary/aromatic N) is 1. The zero-order chi connectivity index (χ0) is 15.0. The molecule has 0 atom stereocenters. The summed E-state index contributed by atoms with van der Waals surface area (Å²) in [6, 6.07) is 6.18. The second kappa shape index (κ2) is 5.99. The highest BCUT2D eigenvalue weighted by Crippen LogP contribution is 2.32. The Bertz CT molecular complexity index is 625. The van der Waals surface area contributed by atoms with Gasteiger partial charge in [-0.3, -0.25) is 0 Å². The van der Waals surface area contributed by atoms with Crippen LogP contribution in [0.15, 0.2) is 27.6 Å². The monoisotopic (exact) mass is 372 g/mol. The third kappa shape index (κ3) is 3.86. The number of halogens is 1. The fourth-order valence-electron chi connectivity index (χ4n) is 2.34. The summed E-state index contributed by atoms with van der Waals surface area (Å²) in [6.45, 7) is 1.42. The van der Waals surface area contributed by atoms with E-state index in [9.17, 15) is 8.42 Å². The first-order chi connectivity index (χ1) is 9.96. The number of hydrogen-bond acceptors (Lipinski definition) is 3. The van der Waals surface area contributed by atoms with Gasteiger partial charge in [0.05, 0.1) is 4.90 Å². The van der Waals surface area contributed by atoms with Crippen molar-refractivity contribution in [3.05, 3.63) is 28.2 Å². The van der Waals surface area contributed by atoms with Gasteiger partial charge in [0, 0.05) is 30.7 Å². The van der Waals surface area contributed by atoms with E-state index in [0.29, 0.717) is 27.9 Å². The third-order valence-electron chi connectivity index (χ3n) is 4.07. The maximum Gasteiger partial charge on any atom is 0.243 e. The molecule has 0 aliphatic heterocycles. The highest BCUT2D eigenvalue weighted by molar-refractivity contribution is 9.10. The van der Waals surface area contributed by atoms with Crippen molar-refractivity contribution in [1.82, 2.24) is 9.62 Å². The summed E-state index contributed by atoms with van der Waals surface area (Å²) in [6.07, 6.45) is 4.79. The molecule has 2 aliphatic rings. The fraction of sp³-hybridized carbons (Fsp3) is 0.600. The van der Waals surface area contributed by atoms with E-state index in [4.69, 9.17) is 0 Å². The molecule has 0 radical (unpaired) electrons. The Kier molecular flexibility index (Phi) is 4.41. The summed E-state index contributed by atoms with van der Waals surface area (Å²) in [5.74, 6) is 0.547. The maximum atomic E-state index is 12.6. The van der Waals surface area contributed by atoms with Crippen LogP contribution < -0.4 is 5.32 Å². The van der Waals surface area contributed by atoms with Gasteiger partial charge in [-0.1, -0.05) is 6.07 Å². The van der Waals surface area contributed by atoms with Crippen LogP contribution in [0.5, 0.6) is 0 Å². The Hall–Kier alpha value is -0.430. The number of sulfonamides is 1. The average Bonchev–Trinajstić information content (AvgIpc) is 3.31. The molecule has 1 aromatic carbocycles. The van der Waals surface area contributed by atoms with Gasteiger partial charge in [-0.2, -0.15) is 0 Å². The van der Waals surface area contributed by atoms with Gasteiger partial charge in [0.2, 0.25) is 10.0 Å². The van der Waals surface area contributed by atoms with Crippen LogP contribution in [-0.4, -0.2) is 32.4 Å². The Labute approximate surface area is 135 Å². The smallest absolute Gasteiger partial charge is 0.243 e. The molecule has 0 spiro atoms. The Balaban J connectivity index is 1.73. The van der Waals surface area contributed by atoms with Crippen molar-refractivity contribution < 1.29 is 8.42 Å². The van der Waals surface area contributed by atoms with Gasteiger partial charge >= 0.3 is 0 Å². The molecule has 0 bridgehead atoms. The van der Waals surface area contributed by atoms with Gasteiger partial charge in [-0.05, 0) is 65.2 Å². The van der Waals surface area contributed by atoms with Crippen molar-refractivity contribution in [2.75, 3.05) is 13.6 Å².